The highest BCUT2D eigenvalue weighted by atomic mass is 32.2. The third-order valence-electron chi connectivity index (χ3n) is 3.78. The lowest BCUT2D eigenvalue weighted by Gasteiger charge is -2.17. The Hall–Kier alpha value is -1.84. The standard InChI is InChI=1S/C15H18N2O5S2/c1-20-13-4-3-12(9-14(13)21-2)24(18,19)17-7-5-11(10-17)22-15-16-6-8-23-15/h3-4,6,8-9,11H,5,7,10H2,1-2H3. The Balaban J connectivity index is 1.76. The van der Waals surface area contributed by atoms with Gasteiger partial charge in [0.25, 0.3) is 5.19 Å². The van der Waals surface area contributed by atoms with Gasteiger partial charge in [-0.1, -0.05) is 11.3 Å². The molecule has 0 spiro atoms. The number of sulfonamides is 1. The summed E-state index contributed by atoms with van der Waals surface area (Å²) in [4.78, 5) is 4.24. The number of rotatable bonds is 6. The first kappa shape index (κ1) is 17.0. The molecular formula is C15H18N2O5S2. The van der Waals surface area contributed by atoms with Crippen LogP contribution < -0.4 is 14.2 Å². The van der Waals surface area contributed by atoms with Gasteiger partial charge < -0.3 is 14.2 Å². The number of aromatic nitrogens is 1. The average molecular weight is 370 g/mol. The summed E-state index contributed by atoms with van der Waals surface area (Å²) in [5, 5.41) is 2.38. The molecule has 0 amide bonds. The molecule has 0 saturated carbocycles. The average Bonchev–Trinajstić information content (AvgIpc) is 3.26. The van der Waals surface area contributed by atoms with Gasteiger partial charge >= 0.3 is 0 Å². The van der Waals surface area contributed by atoms with Gasteiger partial charge in [0.05, 0.1) is 25.7 Å². The summed E-state index contributed by atoms with van der Waals surface area (Å²) in [6.45, 7) is 0.711. The van der Waals surface area contributed by atoms with E-state index in [4.69, 9.17) is 14.2 Å². The lowest BCUT2D eigenvalue weighted by molar-refractivity contribution is 0.214. The third kappa shape index (κ3) is 3.33. The molecule has 1 aromatic heterocycles. The van der Waals surface area contributed by atoms with Crippen molar-refractivity contribution in [2.24, 2.45) is 0 Å². The van der Waals surface area contributed by atoms with Crippen LogP contribution in [0.4, 0.5) is 0 Å². The van der Waals surface area contributed by atoms with Gasteiger partial charge in [0.2, 0.25) is 10.0 Å². The maximum Gasteiger partial charge on any atom is 0.273 e. The Morgan fingerprint density at radius 3 is 2.71 bits per heavy atom. The van der Waals surface area contributed by atoms with Crippen LogP contribution in [0.15, 0.2) is 34.7 Å². The van der Waals surface area contributed by atoms with E-state index in [0.29, 0.717) is 36.2 Å². The third-order valence-corrected chi connectivity index (χ3v) is 6.30. The summed E-state index contributed by atoms with van der Waals surface area (Å²) in [5.41, 5.74) is 0. The van der Waals surface area contributed by atoms with Crippen molar-refractivity contribution in [1.29, 1.82) is 0 Å². The van der Waals surface area contributed by atoms with E-state index in [1.54, 1.807) is 12.3 Å². The fourth-order valence-electron chi connectivity index (χ4n) is 2.55. The number of thiazole rings is 1. The zero-order valence-electron chi connectivity index (χ0n) is 13.3. The van der Waals surface area contributed by atoms with E-state index in [0.717, 1.165) is 0 Å². The number of methoxy groups -OCH3 is 2. The van der Waals surface area contributed by atoms with Crippen molar-refractivity contribution in [2.75, 3.05) is 27.3 Å². The van der Waals surface area contributed by atoms with Gasteiger partial charge in [-0.2, -0.15) is 4.31 Å². The van der Waals surface area contributed by atoms with E-state index in [9.17, 15) is 8.42 Å². The normalized spacial score (nSPS) is 18.5. The van der Waals surface area contributed by atoms with Crippen molar-refractivity contribution in [2.45, 2.75) is 17.4 Å². The second kappa shape index (κ2) is 6.96. The number of benzene rings is 1. The SMILES string of the molecule is COc1ccc(S(=O)(=O)N2CCC(Oc3nccs3)C2)cc1OC. The molecule has 24 heavy (non-hydrogen) atoms. The van der Waals surface area contributed by atoms with E-state index in [2.05, 4.69) is 4.98 Å². The number of ether oxygens (including phenoxy) is 3. The van der Waals surface area contributed by atoms with Crippen molar-refractivity contribution in [3.63, 3.8) is 0 Å². The lowest BCUT2D eigenvalue weighted by atomic mass is 10.3. The van der Waals surface area contributed by atoms with Gasteiger partial charge in [0, 0.05) is 24.2 Å². The van der Waals surface area contributed by atoms with Gasteiger partial charge in [-0.25, -0.2) is 13.4 Å². The predicted octanol–water partition coefficient (Wildman–Crippen LogP) is 2.00. The van der Waals surface area contributed by atoms with Crippen LogP contribution in [0.5, 0.6) is 16.7 Å². The minimum atomic E-state index is -3.61. The molecule has 0 radical (unpaired) electrons. The molecule has 1 aliphatic heterocycles. The summed E-state index contributed by atoms with van der Waals surface area (Å²) in [5.74, 6) is 0.871. The molecule has 1 saturated heterocycles. The number of nitrogens with zero attached hydrogens (tertiary/aromatic N) is 2. The summed E-state index contributed by atoms with van der Waals surface area (Å²) >= 11 is 1.39. The maximum absolute atomic E-state index is 12.8. The highest BCUT2D eigenvalue weighted by molar-refractivity contribution is 7.89. The van der Waals surface area contributed by atoms with Gasteiger partial charge in [-0.05, 0) is 18.6 Å². The molecule has 1 atom stereocenters. The predicted molar refractivity (Wildman–Crippen MR) is 89.5 cm³/mol. The molecule has 2 aromatic rings. The molecule has 0 bridgehead atoms. The van der Waals surface area contributed by atoms with Crippen molar-refractivity contribution in [3.05, 3.63) is 29.8 Å². The van der Waals surface area contributed by atoms with Crippen LogP contribution in [-0.4, -0.2) is 51.1 Å². The Labute approximate surface area is 144 Å². The molecule has 2 heterocycles. The van der Waals surface area contributed by atoms with Gasteiger partial charge in [-0.3, -0.25) is 0 Å². The highest BCUT2D eigenvalue weighted by Gasteiger charge is 2.34. The van der Waals surface area contributed by atoms with Crippen molar-refractivity contribution < 1.29 is 22.6 Å². The molecule has 3 rings (SSSR count). The molecule has 1 aromatic carbocycles. The molecule has 130 valence electrons. The first-order valence-corrected chi connectivity index (χ1v) is 9.65. The molecule has 7 nitrogen and oxygen atoms in total. The molecule has 1 aliphatic rings. The topological polar surface area (TPSA) is 78.0 Å². The Kier molecular flexibility index (Phi) is 4.93. The van der Waals surface area contributed by atoms with Gasteiger partial charge in [0.15, 0.2) is 11.5 Å². The van der Waals surface area contributed by atoms with E-state index in [1.807, 2.05) is 5.38 Å². The second-order valence-electron chi connectivity index (χ2n) is 5.21. The van der Waals surface area contributed by atoms with Crippen molar-refractivity contribution >= 4 is 21.4 Å². The summed E-state index contributed by atoms with van der Waals surface area (Å²) < 4.78 is 43.1. The smallest absolute Gasteiger partial charge is 0.273 e. The fraction of sp³-hybridized carbons (Fsp3) is 0.400. The Morgan fingerprint density at radius 1 is 1.25 bits per heavy atom. The Morgan fingerprint density at radius 2 is 2.04 bits per heavy atom. The van der Waals surface area contributed by atoms with E-state index in [1.165, 1.54) is 42.0 Å². The van der Waals surface area contributed by atoms with Crippen LogP contribution in [0.1, 0.15) is 6.42 Å². The van der Waals surface area contributed by atoms with Crippen LogP contribution in [0, 0.1) is 0 Å². The molecular weight excluding hydrogens is 352 g/mol. The van der Waals surface area contributed by atoms with E-state index in [-0.39, 0.29) is 11.0 Å². The Bertz CT molecular complexity index is 792. The lowest BCUT2D eigenvalue weighted by Crippen LogP contribution is -2.31. The number of hydrogen-bond acceptors (Lipinski definition) is 7. The van der Waals surface area contributed by atoms with Crippen molar-refractivity contribution in [1.82, 2.24) is 9.29 Å². The van der Waals surface area contributed by atoms with Gasteiger partial charge in [-0.15, -0.1) is 0 Å². The molecule has 1 unspecified atom stereocenters. The largest absolute Gasteiger partial charge is 0.493 e. The molecule has 0 N–H and O–H groups in total. The molecule has 0 aliphatic carbocycles. The highest BCUT2D eigenvalue weighted by Crippen LogP contribution is 2.32. The van der Waals surface area contributed by atoms with Crippen LogP contribution in [0.3, 0.4) is 0 Å². The van der Waals surface area contributed by atoms with Crippen LogP contribution in [0.25, 0.3) is 0 Å². The van der Waals surface area contributed by atoms with Crippen molar-refractivity contribution in [3.8, 4) is 16.7 Å². The zero-order chi connectivity index (χ0) is 17.2. The van der Waals surface area contributed by atoms with Crippen LogP contribution in [-0.2, 0) is 10.0 Å². The molecule has 1 fully saturated rings. The monoisotopic (exact) mass is 370 g/mol. The van der Waals surface area contributed by atoms with E-state index >= 15 is 0 Å². The quantitative estimate of drug-likeness (QED) is 0.774. The van der Waals surface area contributed by atoms with Crippen LogP contribution >= 0.6 is 11.3 Å². The first-order valence-electron chi connectivity index (χ1n) is 7.33. The van der Waals surface area contributed by atoms with Gasteiger partial charge in [0.1, 0.15) is 6.10 Å². The van der Waals surface area contributed by atoms with Crippen LogP contribution in [0.2, 0.25) is 0 Å². The second-order valence-corrected chi connectivity index (χ2v) is 8.00. The minimum absolute atomic E-state index is 0.176. The van der Waals surface area contributed by atoms with E-state index < -0.39 is 10.0 Å². The first-order chi connectivity index (χ1) is 11.5. The summed E-state index contributed by atoms with van der Waals surface area (Å²) in [6.07, 6.45) is 2.10. The minimum Gasteiger partial charge on any atom is -0.493 e. The zero-order valence-corrected chi connectivity index (χ0v) is 15.0. The molecule has 9 heteroatoms. The maximum atomic E-state index is 12.8. The number of hydrogen-bond donors (Lipinski definition) is 0. The summed E-state index contributed by atoms with van der Waals surface area (Å²) in [6, 6.07) is 4.58. The summed E-state index contributed by atoms with van der Waals surface area (Å²) in [7, 11) is -0.626. The fourth-order valence-corrected chi connectivity index (χ4v) is 4.60.